The van der Waals surface area contributed by atoms with Crippen molar-refractivity contribution in [1.82, 2.24) is 9.55 Å². The molecule has 2 N–H and O–H groups in total. The number of nitrogens with one attached hydrogen (secondary N) is 1. The Bertz CT molecular complexity index is 906. The van der Waals surface area contributed by atoms with Gasteiger partial charge in [-0.2, -0.15) is 0 Å². The van der Waals surface area contributed by atoms with Gasteiger partial charge in [-0.15, -0.1) is 5.73 Å². The molecule has 0 radical (unpaired) electrons. The summed E-state index contributed by atoms with van der Waals surface area (Å²) in [7, 11) is 1.53. The molecule has 1 heterocycles. The van der Waals surface area contributed by atoms with Crippen molar-refractivity contribution in [1.29, 1.82) is 0 Å². The molecule has 0 aliphatic heterocycles. The topological polar surface area (TPSA) is 78.3 Å². The summed E-state index contributed by atoms with van der Waals surface area (Å²) in [5.74, 6) is -0.476. The van der Waals surface area contributed by atoms with Gasteiger partial charge in [-0.05, 0) is 30.4 Å². The highest BCUT2D eigenvalue weighted by Crippen LogP contribution is 2.15. The van der Waals surface area contributed by atoms with E-state index < -0.39 is 5.56 Å². The first-order valence-corrected chi connectivity index (χ1v) is 7.12. The van der Waals surface area contributed by atoms with E-state index in [1.807, 2.05) is 18.2 Å². The Morgan fingerprint density at radius 1 is 1.39 bits per heavy atom. The highest BCUT2D eigenvalue weighted by Gasteiger charge is 2.08. The van der Waals surface area contributed by atoms with E-state index >= 15 is 0 Å². The van der Waals surface area contributed by atoms with Gasteiger partial charge in [-0.1, -0.05) is 18.2 Å². The zero-order chi connectivity index (χ0) is 17.0. The molecule has 1 amide bonds. The first kappa shape index (κ1) is 16.5. The molecular weight excluding hydrogens is 314 g/mol. The van der Waals surface area contributed by atoms with Crippen LogP contribution in [0.15, 0.2) is 47.1 Å². The second-order valence-corrected chi connectivity index (χ2v) is 5.11. The number of carbonyl (C=O) groups is 1. The number of rotatable bonds is 3. The molecular formula is C16H15N3O3S. The van der Waals surface area contributed by atoms with Crippen molar-refractivity contribution in [2.75, 3.05) is 4.90 Å². The lowest BCUT2D eigenvalue weighted by molar-refractivity contribution is -0.115. The molecule has 2 aromatic rings. The van der Waals surface area contributed by atoms with E-state index in [1.54, 1.807) is 12.1 Å². The van der Waals surface area contributed by atoms with E-state index in [-0.39, 0.29) is 22.1 Å². The number of hydrogen-bond donors (Lipinski definition) is 2. The van der Waals surface area contributed by atoms with Gasteiger partial charge in [0, 0.05) is 19.7 Å². The number of aromatic hydroxyl groups is 1. The van der Waals surface area contributed by atoms with Crippen molar-refractivity contribution in [2.24, 2.45) is 7.05 Å². The quantitative estimate of drug-likeness (QED) is 0.669. The highest BCUT2D eigenvalue weighted by atomic mass is 32.1. The fourth-order valence-corrected chi connectivity index (χ4v) is 2.07. The maximum atomic E-state index is 11.8. The molecule has 0 aliphatic rings. The fourth-order valence-electron chi connectivity index (χ4n) is 1.89. The summed E-state index contributed by atoms with van der Waals surface area (Å²) in [6.07, 6.45) is 2.69. The molecule has 118 valence electrons. The molecule has 23 heavy (non-hydrogen) atoms. The zero-order valence-electron chi connectivity index (χ0n) is 12.6. The lowest BCUT2D eigenvalue weighted by Crippen LogP contribution is -2.21. The van der Waals surface area contributed by atoms with Crippen molar-refractivity contribution in [3.05, 3.63) is 63.0 Å². The lowest BCUT2D eigenvalue weighted by atomic mass is 10.3. The average molecular weight is 329 g/mol. The van der Waals surface area contributed by atoms with Gasteiger partial charge in [0.15, 0.2) is 4.77 Å². The monoisotopic (exact) mass is 329 g/mol. The molecule has 1 aromatic carbocycles. The number of H-pyrrole nitrogens is 1. The van der Waals surface area contributed by atoms with Crippen molar-refractivity contribution >= 4 is 29.9 Å². The van der Waals surface area contributed by atoms with Crippen molar-refractivity contribution < 1.29 is 9.90 Å². The largest absolute Gasteiger partial charge is 0.494 e. The van der Waals surface area contributed by atoms with Crippen LogP contribution >= 0.6 is 12.2 Å². The Labute approximate surface area is 137 Å². The van der Waals surface area contributed by atoms with E-state index in [2.05, 4.69) is 10.7 Å². The van der Waals surface area contributed by atoms with Crippen LogP contribution in [-0.2, 0) is 11.8 Å². The number of carbonyl (C=O) groups excluding carboxylic acids is 1. The Morgan fingerprint density at radius 3 is 2.65 bits per heavy atom. The third-order valence-electron chi connectivity index (χ3n) is 3.13. The zero-order valence-corrected chi connectivity index (χ0v) is 13.4. The van der Waals surface area contributed by atoms with Crippen LogP contribution in [0, 0.1) is 4.77 Å². The first-order valence-electron chi connectivity index (χ1n) is 6.71. The summed E-state index contributed by atoms with van der Waals surface area (Å²) in [6, 6.07) is 9.00. The van der Waals surface area contributed by atoms with E-state index in [4.69, 9.17) is 12.2 Å². The number of benzene rings is 1. The van der Waals surface area contributed by atoms with E-state index in [0.717, 1.165) is 0 Å². The van der Waals surface area contributed by atoms with Gasteiger partial charge in [0.1, 0.15) is 5.56 Å². The molecule has 2 rings (SSSR count). The van der Waals surface area contributed by atoms with Crippen LogP contribution in [0.1, 0.15) is 12.5 Å². The van der Waals surface area contributed by atoms with Crippen LogP contribution in [0.2, 0.25) is 0 Å². The third-order valence-corrected chi connectivity index (χ3v) is 3.51. The molecule has 0 unspecified atom stereocenters. The van der Waals surface area contributed by atoms with Gasteiger partial charge in [-0.25, -0.2) is 0 Å². The summed E-state index contributed by atoms with van der Waals surface area (Å²) in [6.45, 7) is 1.42. The van der Waals surface area contributed by atoms with Crippen LogP contribution in [0.25, 0.3) is 6.08 Å². The molecule has 6 nitrogen and oxygen atoms in total. The highest BCUT2D eigenvalue weighted by molar-refractivity contribution is 7.71. The molecule has 0 bridgehead atoms. The Balaban J connectivity index is 2.44. The molecule has 0 saturated carbocycles. The standard InChI is InChI=1S/C16H15N3O3S/c1-11(20)19(12-7-4-3-5-8-12)10-6-9-13-14(21)17-16(23)18(2)15(13)22/h3-5,7-10,22H,1-2H3,(H,17,21,23). The van der Waals surface area contributed by atoms with E-state index in [1.165, 1.54) is 35.7 Å². The van der Waals surface area contributed by atoms with Gasteiger partial charge in [0.25, 0.3) is 5.56 Å². The molecule has 0 spiro atoms. The number of aromatic amines is 1. The molecule has 0 atom stereocenters. The SMILES string of the molecule is CC(=O)N(C=C=Cc1c(O)n(C)c(=S)[nH]c1=O)c1ccccc1. The second kappa shape index (κ2) is 6.91. The number of anilines is 1. The van der Waals surface area contributed by atoms with Gasteiger partial charge >= 0.3 is 0 Å². The number of hydrogen-bond acceptors (Lipinski definition) is 4. The third kappa shape index (κ3) is 3.66. The van der Waals surface area contributed by atoms with Crippen molar-refractivity contribution in [2.45, 2.75) is 6.92 Å². The minimum atomic E-state index is -0.527. The van der Waals surface area contributed by atoms with Crippen LogP contribution in [0.4, 0.5) is 5.69 Å². The summed E-state index contributed by atoms with van der Waals surface area (Å²) >= 11 is 4.89. The van der Waals surface area contributed by atoms with Crippen LogP contribution < -0.4 is 10.5 Å². The maximum Gasteiger partial charge on any atom is 0.263 e. The van der Waals surface area contributed by atoms with Gasteiger partial charge in [0.2, 0.25) is 11.8 Å². The van der Waals surface area contributed by atoms with Crippen LogP contribution in [0.5, 0.6) is 5.88 Å². The normalized spacial score (nSPS) is 9.83. The fraction of sp³-hybridized carbons (Fsp3) is 0.125. The van der Waals surface area contributed by atoms with Crippen LogP contribution in [0.3, 0.4) is 0 Å². The molecule has 7 heteroatoms. The minimum Gasteiger partial charge on any atom is -0.494 e. The van der Waals surface area contributed by atoms with Gasteiger partial charge in [-0.3, -0.25) is 24.0 Å². The minimum absolute atomic E-state index is 0.00825. The summed E-state index contributed by atoms with van der Waals surface area (Å²) in [5.41, 5.74) is 2.89. The summed E-state index contributed by atoms with van der Waals surface area (Å²) in [5, 5.41) is 9.96. The summed E-state index contributed by atoms with van der Waals surface area (Å²) < 4.78 is 1.38. The van der Waals surface area contributed by atoms with E-state index in [0.29, 0.717) is 5.69 Å². The number of amides is 1. The predicted molar refractivity (Wildman–Crippen MR) is 90.7 cm³/mol. The molecule has 0 fully saturated rings. The van der Waals surface area contributed by atoms with Crippen LogP contribution in [-0.4, -0.2) is 20.6 Å². The Kier molecular flexibility index (Phi) is 4.95. The lowest BCUT2D eigenvalue weighted by Gasteiger charge is -2.14. The van der Waals surface area contributed by atoms with E-state index in [9.17, 15) is 14.7 Å². The average Bonchev–Trinajstić information content (AvgIpc) is 2.52. The number of aromatic nitrogens is 2. The number of nitrogens with zero attached hydrogens (tertiary/aromatic N) is 2. The molecule has 1 aromatic heterocycles. The van der Waals surface area contributed by atoms with Crippen molar-refractivity contribution in [3.63, 3.8) is 0 Å². The van der Waals surface area contributed by atoms with Gasteiger partial charge < -0.3 is 5.11 Å². The smallest absolute Gasteiger partial charge is 0.263 e. The first-order chi connectivity index (χ1) is 10.9. The van der Waals surface area contributed by atoms with Gasteiger partial charge in [0.05, 0.1) is 6.20 Å². The Morgan fingerprint density at radius 2 is 2.04 bits per heavy atom. The van der Waals surface area contributed by atoms with Crippen molar-refractivity contribution in [3.8, 4) is 5.88 Å². The number of para-hydroxylation sites is 1. The predicted octanol–water partition coefficient (Wildman–Crippen LogP) is 2.33. The Hall–Kier alpha value is -2.89. The second-order valence-electron chi connectivity index (χ2n) is 4.72. The molecule has 0 saturated heterocycles. The maximum absolute atomic E-state index is 11.8. The molecule has 0 aliphatic carbocycles. The summed E-state index contributed by atoms with van der Waals surface area (Å²) in [4.78, 5) is 27.4.